The Morgan fingerprint density at radius 1 is 0.457 bits per heavy atom. The normalized spacial score (nSPS) is 17.5. The number of hydrogen-bond acceptors (Lipinski definition) is 0. The molecule has 4 atom stereocenters. The topological polar surface area (TPSA) is 0 Å². The van der Waals surface area contributed by atoms with Gasteiger partial charge in [0, 0.05) is 15.2 Å². The first-order chi connectivity index (χ1) is 16.5. The average Bonchev–Trinajstić information content (AvgIpc) is 2.79. The second kappa shape index (κ2) is 20.4. The molecule has 0 saturated carbocycles. The maximum Gasteiger partial charge on any atom is 0.0448 e. The van der Waals surface area contributed by atoms with Crippen LogP contribution in [0.4, 0.5) is 0 Å². The van der Waals surface area contributed by atoms with Gasteiger partial charge in [-0.3, -0.25) is 0 Å². The zero-order valence-corrected chi connectivity index (χ0v) is 28.7. The molecule has 0 aliphatic carbocycles. The van der Waals surface area contributed by atoms with E-state index >= 15 is 0 Å². The molecule has 0 aliphatic rings. The third-order valence-corrected chi connectivity index (χ3v) is 30.2. The molecule has 0 heterocycles. The summed E-state index contributed by atoms with van der Waals surface area (Å²) in [4.78, 5) is 0. The fourth-order valence-electron chi connectivity index (χ4n) is 6.46. The van der Waals surface area contributed by atoms with E-state index in [4.69, 9.17) is 0 Å². The molecular formula is C33H72Si2. The zero-order chi connectivity index (χ0) is 26.7. The minimum atomic E-state index is -1.22. The molecule has 0 N–H and O–H groups in total. The first-order valence-corrected chi connectivity index (χ1v) is 23.3. The first kappa shape index (κ1) is 35.4. The molecule has 0 spiro atoms. The van der Waals surface area contributed by atoms with Crippen LogP contribution in [0.2, 0.25) is 37.3 Å². The van der Waals surface area contributed by atoms with E-state index in [2.05, 4.69) is 68.5 Å². The average molecular weight is 525 g/mol. The van der Waals surface area contributed by atoms with Gasteiger partial charge in [-0.15, -0.1) is 0 Å². The molecule has 0 aromatic rings. The predicted octanol–water partition coefficient (Wildman–Crippen LogP) is 12.7. The molecule has 0 rings (SSSR count). The largest absolute Gasteiger partial charge is 0.0711 e. The highest BCUT2D eigenvalue weighted by molar-refractivity contribution is 7.41. The summed E-state index contributed by atoms with van der Waals surface area (Å²) < 4.78 is 0. The van der Waals surface area contributed by atoms with E-state index in [9.17, 15) is 0 Å². The molecule has 0 nitrogen and oxygen atoms in total. The van der Waals surface area contributed by atoms with Crippen LogP contribution in [-0.2, 0) is 0 Å². The summed E-state index contributed by atoms with van der Waals surface area (Å²) in [5, 5.41) is 0. The second-order valence-electron chi connectivity index (χ2n) is 14.3. The zero-order valence-electron chi connectivity index (χ0n) is 26.7. The Hall–Kier alpha value is 0.434. The van der Waals surface area contributed by atoms with Crippen LogP contribution in [0.1, 0.15) is 152 Å². The van der Waals surface area contributed by atoms with Gasteiger partial charge in [0.15, 0.2) is 0 Å². The lowest BCUT2D eigenvalue weighted by atomic mass is 9.98. The molecule has 0 saturated heterocycles. The summed E-state index contributed by atoms with van der Waals surface area (Å²) >= 11 is 0. The predicted molar refractivity (Wildman–Crippen MR) is 171 cm³/mol. The highest BCUT2D eigenvalue weighted by Crippen LogP contribution is 2.41. The van der Waals surface area contributed by atoms with Crippen LogP contribution in [0, 0.1) is 23.7 Å². The lowest BCUT2D eigenvalue weighted by molar-refractivity contribution is 0.447. The summed E-state index contributed by atoms with van der Waals surface area (Å²) in [6.07, 6.45) is 22.0. The Kier molecular flexibility index (Phi) is 20.7. The minimum absolute atomic E-state index is 0.871. The Morgan fingerprint density at radius 3 is 1.46 bits per heavy atom. The Balaban J connectivity index is 5.10. The summed E-state index contributed by atoms with van der Waals surface area (Å²) in [6.45, 7) is 25.5. The SMILES string of the molecule is CCCCCCCCCCC[Si](C)(CC(C)C)[Si](C)(CCC(C)CC)CCC(C)CCCC(C)C. The summed E-state index contributed by atoms with van der Waals surface area (Å²) in [5.74, 6) is 3.63. The molecule has 0 aromatic carbocycles. The van der Waals surface area contributed by atoms with Crippen molar-refractivity contribution < 1.29 is 0 Å². The van der Waals surface area contributed by atoms with Crippen LogP contribution in [0.5, 0.6) is 0 Å². The first-order valence-electron chi connectivity index (χ1n) is 16.5. The lowest BCUT2D eigenvalue weighted by Gasteiger charge is -2.46. The van der Waals surface area contributed by atoms with E-state index in [0.717, 1.165) is 23.7 Å². The van der Waals surface area contributed by atoms with Crippen molar-refractivity contribution in [3.8, 4) is 0 Å². The molecule has 212 valence electrons. The maximum atomic E-state index is 2.92. The van der Waals surface area contributed by atoms with Gasteiger partial charge in [-0.25, -0.2) is 0 Å². The maximum absolute atomic E-state index is 2.92. The van der Waals surface area contributed by atoms with Gasteiger partial charge in [0.05, 0.1) is 0 Å². The molecule has 0 radical (unpaired) electrons. The summed E-state index contributed by atoms with van der Waals surface area (Å²) in [7, 11) is -2.43. The van der Waals surface area contributed by atoms with E-state index in [1.807, 2.05) is 0 Å². The molecule has 4 unspecified atom stereocenters. The fourth-order valence-corrected chi connectivity index (χ4v) is 23.8. The lowest BCUT2D eigenvalue weighted by Crippen LogP contribution is -2.59. The van der Waals surface area contributed by atoms with Crippen LogP contribution < -0.4 is 0 Å². The number of hydrogen-bond donors (Lipinski definition) is 0. The Morgan fingerprint density at radius 2 is 0.971 bits per heavy atom. The van der Waals surface area contributed by atoms with Crippen molar-refractivity contribution in [1.29, 1.82) is 0 Å². The Bertz CT molecular complexity index is 474. The van der Waals surface area contributed by atoms with Gasteiger partial charge in [-0.05, 0) is 23.7 Å². The van der Waals surface area contributed by atoms with Crippen molar-refractivity contribution in [3.63, 3.8) is 0 Å². The smallest absolute Gasteiger partial charge is 0.0448 e. The van der Waals surface area contributed by atoms with Gasteiger partial charge in [-0.2, -0.15) is 0 Å². The third-order valence-electron chi connectivity index (χ3n) is 9.70. The molecule has 0 aliphatic heterocycles. The molecule has 0 amide bonds. The molecule has 35 heavy (non-hydrogen) atoms. The van der Waals surface area contributed by atoms with Crippen molar-refractivity contribution in [1.82, 2.24) is 0 Å². The monoisotopic (exact) mass is 525 g/mol. The van der Waals surface area contributed by atoms with E-state index < -0.39 is 15.2 Å². The van der Waals surface area contributed by atoms with Crippen LogP contribution in [0.25, 0.3) is 0 Å². The number of rotatable bonds is 24. The van der Waals surface area contributed by atoms with Gasteiger partial charge in [0.1, 0.15) is 0 Å². The fraction of sp³-hybridized carbons (Fsp3) is 1.00. The quantitative estimate of drug-likeness (QED) is 0.0869. The minimum Gasteiger partial charge on any atom is -0.0711 e. The van der Waals surface area contributed by atoms with Crippen LogP contribution in [-0.4, -0.2) is 15.2 Å². The molecule has 0 bridgehead atoms. The Labute approximate surface area is 227 Å². The standard InChI is InChI=1S/C33H72Si2/c1-11-13-14-15-16-17-18-19-20-26-35(10,29-31(5)6)34(9,27-24-32(7)12-2)28-25-33(8)23-21-22-30(3)4/h30-33H,11-29H2,1-10H3. The highest BCUT2D eigenvalue weighted by atomic mass is 29.3. The van der Waals surface area contributed by atoms with Crippen LogP contribution in [0.15, 0.2) is 0 Å². The van der Waals surface area contributed by atoms with Crippen molar-refractivity contribution >= 4 is 15.2 Å². The van der Waals surface area contributed by atoms with Gasteiger partial charge in [0.25, 0.3) is 0 Å². The molecule has 0 aromatic heterocycles. The number of unbranched alkanes of at least 4 members (excludes halogenated alkanes) is 8. The summed E-state index contributed by atoms with van der Waals surface area (Å²) in [5.41, 5.74) is 0. The second-order valence-corrected chi connectivity index (χ2v) is 29.7. The van der Waals surface area contributed by atoms with Crippen molar-refractivity contribution in [2.45, 2.75) is 189 Å². The van der Waals surface area contributed by atoms with E-state index in [1.165, 1.54) is 89.9 Å². The van der Waals surface area contributed by atoms with Crippen LogP contribution in [0.3, 0.4) is 0 Å². The van der Waals surface area contributed by atoms with Gasteiger partial charge >= 0.3 is 0 Å². The molecule has 2 heteroatoms. The van der Waals surface area contributed by atoms with Gasteiger partial charge < -0.3 is 0 Å². The van der Waals surface area contributed by atoms with Crippen molar-refractivity contribution in [2.24, 2.45) is 23.7 Å². The molecular weight excluding hydrogens is 453 g/mol. The molecule has 0 fully saturated rings. The highest BCUT2D eigenvalue weighted by Gasteiger charge is 2.46. The van der Waals surface area contributed by atoms with E-state index in [1.54, 1.807) is 30.6 Å². The van der Waals surface area contributed by atoms with Crippen molar-refractivity contribution in [2.75, 3.05) is 0 Å². The summed E-state index contributed by atoms with van der Waals surface area (Å²) in [6, 6.07) is 6.52. The van der Waals surface area contributed by atoms with E-state index in [0.29, 0.717) is 0 Å². The van der Waals surface area contributed by atoms with Gasteiger partial charge in [0.2, 0.25) is 0 Å². The third kappa shape index (κ3) is 16.8. The van der Waals surface area contributed by atoms with E-state index in [-0.39, 0.29) is 0 Å². The van der Waals surface area contributed by atoms with Crippen LogP contribution >= 0.6 is 0 Å². The van der Waals surface area contributed by atoms with Gasteiger partial charge in [-0.1, -0.05) is 189 Å². The van der Waals surface area contributed by atoms with Crippen molar-refractivity contribution in [3.05, 3.63) is 0 Å².